The molecule has 0 unspecified atom stereocenters. The standard InChI is InChI=1S/C17H14N8O/c18-9-10-19-17(26)11-5-7-12(8-6-11)20-15-16-22-23-24-25(16)14-4-2-1-3-13(14)21-15/h1-9,18H,10H2,(H,19,26)(H,20,21). The van der Waals surface area contributed by atoms with Crippen molar-refractivity contribution in [3.63, 3.8) is 0 Å². The molecular formula is C17H14N8O. The molecule has 2 heterocycles. The summed E-state index contributed by atoms with van der Waals surface area (Å²) in [6, 6.07) is 14.5. The van der Waals surface area contributed by atoms with Gasteiger partial charge in [0.2, 0.25) is 5.65 Å². The van der Waals surface area contributed by atoms with Crippen LogP contribution in [0.3, 0.4) is 0 Å². The van der Waals surface area contributed by atoms with Crippen molar-refractivity contribution in [2.45, 2.75) is 0 Å². The average Bonchev–Trinajstić information content (AvgIpc) is 3.17. The third-order valence-electron chi connectivity index (χ3n) is 3.80. The number of para-hydroxylation sites is 2. The van der Waals surface area contributed by atoms with Crippen LogP contribution in [0.5, 0.6) is 0 Å². The lowest BCUT2D eigenvalue weighted by molar-refractivity contribution is 0.0959. The van der Waals surface area contributed by atoms with Crippen molar-refractivity contribution in [3.05, 3.63) is 54.1 Å². The Hall–Kier alpha value is -3.88. The van der Waals surface area contributed by atoms with Crippen molar-refractivity contribution in [2.75, 3.05) is 11.9 Å². The third kappa shape index (κ3) is 2.81. The fraction of sp³-hybridized carbons (Fsp3) is 0.0588. The predicted molar refractivity (Wildman–Crippen MR) is 96.9 cm³/mol. The normalized spacial score (nSPS) is 10.8. The number of rotatable bonds is 5. The van der Waals surface area contributed by atoms with Crippen molar-refractivity contribution < 1.29 is 4.79 Å². The lowest BCUT2D eigenvalue weighted by Gasteiger charge is -2.09. The largest absolute Gasteiger partial charge is 0.347 e. The highest BCUT2D eigenvalue weighted by Gasteiger charge is 2.12. The van der Waals surface area contributed by atoms with Gasteiger partial charge in [0.25, 0.3) is 5.91 Å². The van der Waals surface area contributed by atoms with Crippen LogP contribution in [-0.2, 0) is 0 Å². The molecule has 4 rings (SSSR count). The first-order chi connectivity index (χ1) is 12.8. The number of aromatic nitrogens is 5. The molecule has 128 valence electrons. The molecule has 1 amide bonds. The lowest BCUT2D eigenvalue weighted by atomic mass is 10.2. The third-order valence-corrected chi connectivity index (χ3v) is 3.80. The van der Waals surface area contributed by atoms with E-state index in [0.29, 0.717) is 17.0 Å². The molecule has 3 N–H and O–H groups in total. The van der Waals surface area contributed by atoms with Gasteiger partial charge < -0.3 is 16.0 Å². The van der Waals surface area contributed by atoms with Crippen molar-refractivity contribution in [1.82, 2.24) is 30.3 Å². The number of nitrogens with zero attached hydrogens (tertiary/aromatic N) is 5. The number of tetrazole rings is 1. The molecule has 26 heavy (non-hydrogen) atoms. The number of carbonyl (C=O) groups is 1. The lowest BCUT2D eigenvalue weighted by Crippen LogP contribution is -2.24. The summed E-state index contributed by atoms with van der Waals surface area (Å²) in [5.74, 6) is 0.294. The quantitative estimate of drug-likeness (QED) is 0.474. The van der Waals surface area contributed by atoms with E-state index in [-0.39, 0.29) is 12.5 Å². The summed E-state index contributed by atoms with van der Waals surface area (Å²) >= 11 is 0. The minimum Gasteiger partial charge on any atom is -0.347 e. The Morgan fingerprint density at radius 1 is 1.15 bits per heavy atom. The van der Waals surface area contributed by atoms with Crippen LogP contribution in [0.4, 0.5) is 11.5 Å². The van der Waals surface area contributed by atoms with E-state index in [1.54, 1.807) is 28.8 Å². The van der Waals surface area contributed by atoms with Crippen LogP contribution in [0.2, 0.25) is 0 Å². The van der Waals surface area contributed by atoms with E-state index in [0.717, 1.165) is 22.9 Å². The van der Waals surface area contributed by atoms with Gasteiger partial charge >= 0.3 is 0 Å². The molecular weight excluding hydrogens is 332 g/mol. The number of nitrogens with one attached hydrogen (secondary N) is 3. The first-order valence-corrected chi connectivity index (χ1v) is 7.87. The average molecular weight is 346 g/mol. The maximum Gasteiger partial charge on any atom is 0.251 e. The Kier molecular flexibility index (Phi) is 3.94. The second kappa shape index (κ2) is 6.55. The summed E-state index contributed by atoms with van der Waals surface area (Å²) in [5, 5.41) is 24.5. The summed E-state index contributed by atoms with van der Waals surface area (Å²) in [5.41, 5.74) is 3.35. The minimum absolute atomic E-state index is 0.206. The van der Waals surface area contributed by atoms with E-state index in [1.165, 1.54) is 0 Å². The molecule has 0 saturated heterocycles. The van der Waals surface area contributed by atoms with Gasteiger partial charge in [0.1, 0.15) is 0 Å². The molecule has 4 aromatic rings. The van der Waals surface area contributed by atoms with Crippen LogP contribution in [0.1, 0.15) is 10.4 Å². The fourth-order valence-corrected chi connectivity index (χ4v) is 2.58. The van der Waals surface area contributed by atoms with E-state index in [2.05, 4.69) is 31.1 Å². The Labute approximate surface area is 147 Å². The number of amides is 1. The molecule has 0 saturated carbocycles. The molecule has 0 aliphatic heterocycles. The summed E-state index contributed by atoms with van der Waals surface area (Å²) in [7, 11) is 0. The fourth-order valence-electron chi connectivity index (χ4n) is 2.58. The molecule has 0 radical (unpaired) electrons. The minimum atomic E-state index is -0.229. The molecule has 0 spiro atoms. The Morgan fingerprint density at radius 3 is 2.77 bits per heavy atom. The van der Waals surface area contributed by atoms with Gasteiger partial charge in [0.05, 0.1) is 17.6 Å². The molecule has 0 aliphatic rings. The van der Waals surface area contributed by atoms with E-state index in [9.17, 15) is 4.79 Å². The number of hydrogen-bond donors (Lipinski definition) is 3. The molecule has 2 aromatic carbocycles. The van der Waals surface area contributed by atoms with Crippen molar-refractivity contribution in [1.29, 1.82) is 5.41 Å². The Morgan fingerprint density at radius 2 is 1.96 bits per heavy atom. The van der Waals surface area contributed by atoms with Gasteiger partial charge in [-0.15, -0.1) is 5.10 Å². The second-order valence-electron chi connectivity index (χ2n) is 5.48. The highest BCUT2D eigenvalue weighted by Crippen LogP contribution is 2.22. The van der Waals surface area contributed by atoms with Gasteiger partial charge in [-0.3, -0.25) is 4.79 Å². The van der Waals surface area contributed by atoms with E-state index >= 15 is 0 Å². The summed E-state index contributed by atoms with van der Waals surface area (Å²) < 4.78 is 1.63. The van der Waals surface area contributed by atoms with Crippen LogP contribution in [0.25, 0.3) is 16.7 Å². The van der Waals surface area contributed by atoms with Gasteiger partial charge in [-0.1, -0.05) is 12.1 Å². The first kappa shape index (κ1) is 15.6. The molecule has 0 bridgehead atoms. The van der Waals surface area contributed by atoms with Crippen molar-refractivity contribution in [3.8, 4) is 0 Å². The number of hydrogen-bond acceptors (Lipinski definition) is 7. The Balaban J connectivity index is 1.65. The van der Waals surface area contributed by atoms with Gasteiger partial charge in [-0.2, -0.15) is 4.52 Å². The zero-order valence-corrected chi connectivity index (χ0v) is 13.5. The number of fused-ring (bicyclic) bond motifs is 3. The van der Waals surface area contributed by atoms with Crippen LogP contribution < -0.4 is 10.6 Å². The molecule has 2 aromatic heterocycles. The van der Waals surface area contributed by atoms with E-state index < -0.39 is 0 Å². The van der Waals surface area contributed by atoms with Gasteiger partial charge in [-0.25, -0.2) is 4.98 Å². The van der Waals surface area contributed by atoms with Crippen LogP contribution in [-0.4, -0.2) is 43.7 Å². The van der Waals surface area contributed by atoms with E-state index in [4.69, 9.17) is 5.41 Å². The molecule has 0 fully saturated rings. The number of benzene rings is 2. The predicted octanol–water partition coefficient (Wildman–Crippen LogP) is 1.80. The summed E-state index contributed by atoms with van der Waals surface area (Å²) in [4.78, 5) is 16.5. The van der Waals surface area contributed by atoms with E-state index in [1.807, 2.05) is 24.3 Å². The van der Waals surface area contributed by atoms with Gasteiger partial charge in [-0.05, 0) is 46.8 Å². The Bertz CT molecular complexity index is 1100. The number of carbonyl (C=O) groups excluding carboxylic acids is 1. The second-order valence-corrected chi connectivity index (χ2v) is 5.48. The van der Waals surface area contributed by atoms with Gasteiger partial charge in [0.15, 0.2) is 5.82 Å². The van der Waals surface area contributed by atoms with Crippen LogP contribution >= 0.6 is 0 Å². The summed E-state index contributed by atoms with van der Waals surface area (Å²) in [6.07, 6.45) is 1.14. The number of anilines is 2. The van der Waals surface area contributed by atoms with Crippen LogP contribution in [0, 0.1) is 5.41 Å². The highest BCUT2D eigenvalue weighted by molar-refractivity contribution is 5.95. The SMILES string of the molecule is N=CCNC(=O)c1ccc(Nc2nc3ccccc3n3nnnc23)cc1. The zero-order valence-electron chi connectivity index (χ0n) is 13.5. The van der Waals surface area contributed by atoms with Crippen molar-refractivity contribution in [2.24, 2.45) is 0 Å². The maximum absolute atomic E-state index is 11.9. The summed E-state index contributed by atoms with van der Waals surface area (Å²) in [6.45, 7) is 0.206. The first-order valence-electron chi connectivity index (χ1n) is 7.87. The van der Waals surface area contributed by atoms with Crippen molar-refractivity contribution >= 4 is 40.3 Å². The van der Waals surface area contributed by atoms with Gasteiger partial charge in [0, 0.05) is 17.5 Å². The maximum atomic E-state index is 11.9. The zero-order chi connectivity index (χ0) is 17.9. The molecule has 0 aliphatic carbocycles. The molecule has 9 nitrogen and oxygen atoms in total. The smallest absolute Gasteiger partial charge is 0.251 e. The molecule has 0 atom stereocenters. The molecule has 9 heteroatoms. The highest BCUT2D eigenvalue weighted by atomic mass is 16.1. The topological polar surface area (TPSA) is 121 Å². The monoisotopic (exact) mass is 346 g/mol. The van der Waals surface area contributed by atoms with Crippen LogP contribution in [0.15, 0.2) is 48.5 Å².